The molecule has 6 nitrogen and oxygen atoms in total. The van der Waals surface area contributed by atoms with Gasteiger partial charge in [-0.25, -0.2) is 13.4 Å². The highest BCUT2D eigenvalue weighted by Crippen LogP contribution is 2.19. The average Bonchev–Trinajstić information content (AvgIpc) is 2.70. The summed E-state index contributed by atoms with van der Waals surface area (Å²) in [6, 6.07) is 17.4. The maximum absolute atomic E-state index is 12.4. The third-order valence-corrected chi connectivity index (χ3v) is 5.61. The van der Waals surface area contributed by atoms with Gasteiger partial charge in [0.25, 0.3) is 10.0 Å². The van der Waals surface area contributed by atoms with Crippen LogP contribution in [-0.4, -0.2) is 27.1 Å². The van der Waals surface area contributed by atoms with Crippen LogP contribution in [0.5, 0.6) is 5.75 Å². The summed E-state index contributed by atoms with van der Waals surface area (Å²) < 4.78 is 32.4. The molecule has 0 amide bonds. The molecule has 146 valence electrons. The van der Waals surface area contributed by atoms with Crippen LogP contribution in [0.4, 0.5) is 11.5 Å². The van der Waals surface area contributed by atoms with Gasteiger partial charge in [0, 0.05) is 11.6 Å². The molecule has 3 aromatic rings. The summed E-state index contributed by atoms with van der Waals surface area (Å²) in [5.74, 6) is 1.49. The highest BCUT2D eigenvalue weighted by molar-refractivity contribution is 7.92. The van der Waals surface area contributed by atoms with Crippen molar-refractivity contribution in [1.29, 1.82) is 0 Å². The molecule has 0 radical (unpaired) electrons. The van der Waals surface area contributed by atoms with Crippen molar-refractivity contribution in [3.8, 4) is 5.75 Å². The SMILES string of the molecule is COc1ccc(CCNc2ccc(NS(=O)(=O)c3cccc(Cl)c3)cn2)cc1. The van der Waals surface area contributed by atoms with E-state index in [1.165, 1.54) is 23.9 Å². The summed E-state index contributed by atoms with van der Waals surface area (Å²) >= 11 is 5.86. The van der Waals surface area contributed by atoms with Gasteiger partial charge in [-0.1, -0.05) is 29.8 Å². The van der Waals surface area contributed by atoms with Crippen molar-refractivity contribution in [2.75, 3.05) is 23.7 Å². The van der Waals surface area contributed by atoms with Crippen molar-refractivity contribution in [3.05, 3.63) is 77.4 Å². The van der Waals surface area contributed by atoms with Crippen LogP contribution in [0.1, 0.15) is 5.56 Å². The van der Waals surface area contributed by atoms with E-state index < -0.39 is 10.0 Å². The van der Waals surface area contributed by atoms with Gasteiger partial charge in [-0.2, -0.15) is 0 Å². The Bertz CT molecular complexity index is 1020. The minimum Gasteiger partial charge on any atom is -0.497 e. The number of hydrogen-bond donors (Lipinski definition) is 2. The lowest BCUT2D eigenvalue weighted by molar-refractivity contribution is 0.414. The van der Waals surface area contributed by atoms with E-state index in [9.17, 15) is 8.42 Å². The molecule has 3 rings (SSSR count). The molecule has 1 heterocycles. The molecule has 0 unspecified atom stereocenters. The van der Waals surface area contributed by atoms with Gasteiger partial charge in [-0.15, -0.1) is 0 Å². The maximum atomic E-state index is 12.4. The fraction of sp³-hybridized carbons (Fsp3) is 0.150. The number of nitrogens with one attached hydrogen (secondary N) is 2. The van der Waals surface area contributed by atoms with Gasteiger partial charge >= 0.3 is 0 Å². The number of rotatable bonds is 8. The van der Waals surface area contributed by atoms with Crippen LogP contribution in [0.3, 0.4) is 0 Å². The zero-order chi connectivity index (χ0) is 20.0. The Hall–Kier alpha value is -2.77. The first kappa shape index (κ1) is 20.0. The smallest absolute Gasteiger partial charge is 0.261 e. The molecular formula is C20H20ClN3O3S. The molecule has 0 saturated heterocycles. The molecule has 0 saturated carbocycles. The predicted molar refractivity (Wildman–Crippen MR) is 112 cm³/mol. The maximum Gasteiger partial charge on any atom is 0.261 e. The fourth-order valence-corrected chi connectivity index (χ4v) is 3.88. The van der Waals surface area contributed by atoms with E-state index >= 15 is 0 Å². The van der Waals surface area contributed by atoms with Gasteiger partial charge in [0.05, 0.1) is 23.9 Å². The van der Waals surface area contributed by atoms with Gasteiger partial charge < -0.3 is 10.1 Å². The van der Waals surface area contributed by atoms with Crippen LogP contribution in [0.15, 0.2) is 71.8 Å². The molecular weight excluding hydrogens is 398 g/mol. The Kier molecular flexibility index (Phi) is 6.38. The number of hydrogen-bond acceptors (Lipinski definition) is 5. The van der Waals surface area contributed by atoms with Crippen molar-refractivity contribution in [1.82, 2.24) is 4.98 Å². The van der Waals surface area contributed by atoms with Crippen LogP contribution < -0.4 is 14.8 Å². The number of methoxy groups -OCH3 is 1. The summed E-state index contributed by atoms with van der Waals surface area (Å²) in [5, 5.41) is 3.57. The zero-order valence-corrected chi connectivity index (χ0v) is 16.8. The van der Waals surface area contributed by atoms with Gasteiger partial charge in [-0.05, 0) is 54.4 Å². The van der Waals surface area contributed by atoms with Gasteiger partial charge in [-0.3, -0.25) is 4.72 Å². The molecule has 0 fully saturated rings. The lowest BCUT2D eigenvalue weighted by Gasteiger charge is -2.10. The van der Waals surface area contributed by atoms with E-state index in [-0.39, 0.29) is 4.90 Å². The van der Waals surface area contributed by atoms with Crippen LogP contribution in [0, 0.1) is 0 Å². The topological polar surface area (TPSA) is 80.3 Å². The molecule has 0 bridgehead atoms. The number of aromatic nitrogens is 1. The predicted octanol–water partition coefficient (Wildman–Crippen LogP) is 4.20. The molecule has 0 atom stereocenters. The minimum absolute atomic E-state index is 0.0988. The van der Waals surface area contributed by atoms with Gasteiger partial charge in [0.1, 0.15) is 11.6 Å². The first-order valence-electron chi connectivity index (χ1n) is 8.57. The number of ether oxygens (including phenoxy) is 1. The number of nitrogens with zero attached hydrogens (tertiary/aromatic N) is 1. The zero-order valence-electron chi connectivity index (χ0n) is 15.2. The van der Waals surface area contributed by atoms with E-state index in [1.807, 2.05) is 24.3 Å². The second kappa shape index (κ2) is 8.95. The van der Waals surface area contributed by atoms with E-state index in [2.05, 4.69) is 15.0 Å². The number of anilines is 2. The Morgan fingerprint density at radius 3 is 2.50 bits per heavy atom. The average molecular weight is 418 g/mol. The molecule has 0 aliphatic rings. The molecule has 0 spiro atoms. The van der Waals surface area contributed by atoms with Crippen LogP contribution in [0.2, 0.25) is 5.02 Å². The highest BCUT2D eigenvalue weighted by atomic mass is 35.5. The molecule has 2 aromatic carbocycles. The first-order valence-corrected chi connectivity index (χ1v) is 10.4. The summed E-state index contributed by atoms with van der Waals surface area (Å²) in [7, 11) is -2.07. The first-order chi connectivity index (χ1) is 13.5. The molecule has 0 aliphatic heterocycles. The summed E-state index contributed by atoms with van der Waals surface area (Å²) in [5.41, 5.74) is 1.56. The van der Waals surface area contributed by atoms with Crippen LogP contribution in [0.25, 0.3) is 0 Å². The molecule has 8 heteroatoms. The Morgan fingerprint density at radius 1 is 1.07 bits per heavy atom. The fourth-order valence-electron chi connectivity index (χ4n) is 2.53. The Labute approximate surface area is 169 Å². The van der Waals surface area contributed by atoms with Crippen molar-refractivity contribution in [2.45, 2.75) is 11.3 Å². The van der Waals surface area contributed by atoms with E-state index in [0.29, 0.717) is 23.1 Å². The lowest BCUT2D eigenvalue weighted by Crippen LogP contribution is -2.13. The summed E-state index contributed by atoms with van der Waals surface area (Å²) in [6.45, 7) is 0.701. The minimum atomic E-state index is -3.71. The largest absolute Gasteiger partial charge is 0.497 e. The summed E-state index contributed by atoms with van der Waals surface area (Å²) in [4.78, 5) is 4.35. The number of benzene rings is 2. The quantitative estimate of drug-likeness (QED) is 0.574. The standard InChI is InChI=1S/C20H20ClN3O3S/c1-27-18-8-5-15(6-9-18)11-12-22-20-10-7-17(14-23-20)24-28(25,26)19-4-2-3-16(21)13-19/h2-10,13-14,24H,11-12H2,1H3,(H,22,23). The third kappa shape index (κ3) is 5.37. The second-order valence-electron chi connectivity index (χ2n) is 6.02. The van der Waals surface area contributed by atoms with Crippen molar-refractivity contribution in [3.63, 3.8) is 0 Å². The molecule has 1 aromatic heterocycles. The molecule has 28 heavy (non-hydrogen) atoms. The Morgan fingerprint density at radius 2 is 1.86 bits per heavy atom. The lowest BCUT2D eigenvalue weighted by atomic mass is 10.1. The number of halogens is 1. The van der Waals surface area contributed by atoms with Crippen LogP contribution in [-0.2, 0) is 16.4 Å². The Balaban J connectivity index is 1.55. The van der Waals surface area contributed by atoms with E-state index in [1.54, 1.807) is 31.4 Å². The normalized spacial score (nSPS) is 11.1. The van der Waals surface area contributed by atoms with Crippen molar-refractivity contribution >= 4 is 33.1 Å². The third-order valence-electron chi connectivity index (χ3n) is 4.00. The van der Waals surface area contributed by atoms with Crippen LogP contribution >= 0.6 is 11.6 Å². The van der Waals surface area contributed by atoms with E-state index in [0.717, 1.165) is 12.2 Å². The van der Waals surface area contributed by atoms with Crippen molar-refractivity contribution < 1.29 is 13.2 Å². The second-order valence-corrected chi connectivity index (χ2v) is 8.14. The van der Waals surface area contributed by atoms with Gasteiger partial charge in [0.15, 0.2) is 0 Å². The number of sulfonamides is 1. The number of pyridine rings is 1. The monoisotopic (exact) mass is 417 g/mol. The van der Waals surface area contributed by atoms with E-state index in [4.69, 9.17) is 16.3 Å². The van der Waals surface area contributed by atoms with Crippen molar-refractivity contribution in [2.24, 2.45) is 0 Å². The summed E-state index contributed by atoms with van der Waals surface area (Å²) in [6.07, 6.45) is 2.30. The van der Waals surface area contributed by atoms with Gasteiger partial charge in [0.2, 0.25) is 0 Å². The molecule has 0 aliphatic carbocycles. The highest BCUT2D eigenvalue weighted by Gasteiger charge is 2.14. The molecule has 2 N–H and O–H groups in total.